The van der Waals surface area contributed by atoms with E-state index in [9.17, 15) is 13.6 Å². The summed E-state index contributed by atoms with van der Waals surface area (Å²) in [5.74, 6) is 8.28. The van der Waals surface area contributed by atoms with Crippen LogP contribution in [0.1, 0.15) is 46.0 Å². The minimum absolute atomic E-state index is 0.118. The topological polar surface area (TPSA) is 20.3 Å². The van der Waals surface area contributed by atoms with Crippen LogP contribution >= 0.6 is 0 Å². The maximum atomic E-state index is 13.1. The Labute approximate surface area is 113 Å². The summed E-state index contributed by atoms with van der Waals surface area (Å²) < 4.78 is 26.3. The lowest BCUT2D eigenvalue weighted by Gasteiger charge is -2.35. The molecule has 0 atom stereocenters. The molecule has 0 aromatic rings. The third-order valence-corrected chi connectivity index (χ3v) is 3.29. The van der Waals surface area contributed by atoms with Gasteiger partial charge in [-0.15, -0.1) is 11.8 Å². The number of carbonyl (C=O) groups is 1. The largest absolute Gasteiger partial charge is 0.328 e. The molecule has 1 aliphatic carbocycles. The Morgan fingerprint density at radius 1 is 1.21 bits per heavy atom. The highest BCUT2D eigenvalue weighted by atomic mass is 19.3. The Morgan fingerprint density at radius 3 is 2.32 bits per heavy atom. The van der Waals surface area contributed by atoms with Crippen molar-refractivity contribution in [3.05, 3.63) is 0 Å². The van der Waals surface area contributed by atoms with Gasteiger partial charge in [-0.05, 0) is 26.7 Å². The molecule has 2 nitrogen and oxygen atoms in total. The molecule has 1 rings (SSSR count). The number of nitrogens with zero attached hydrogens (tertiary/aromatic N) is 1. The standard InChI is InChI=1S/C15H19F2NO/c1-3-5-7-14(19)18(12-6-4-2)13-8-10-15(16,17)11-9-13/h13H,7-12H2,1-2H3. The Kier molecular flexibility index (Phi) is 5.83. The van der Waals surface area contributed by atoms with Gasteiger partial charge >= 0.3 is 0 Å². The predicted octanol–water partition coefficient (Wildman–Crippen LogP) is 2.83. The molecule has 0 N–H and O–H groups in total. The first-order valence-electron chi connectivity index (χ1n) is 6.46. The summed E-state index contributed by atoms with van der Waals surface area (Å²) in [7, 11) is 0. The van der Waals surface area contributed by atoms with Gasteiger partial charge in [-0.3, -0.25) is 4.79 Å². The van der Waals surface area contributed by atoms with E-state index in [1.807, 2.05) is 0 Å². The van der Waals surface area contributed by atoms with Crippen molar-refractivity contribution < 1.29 is 13.6 Å². The Balaban J connectivity index is 2.69. The molecule has 0 aromatic heterocycles. The summed E-state index contributed by atoms with van der Waals surface area (Å²) >= 11 is 0. The number of alkyl halides is 2. The van der Waals surface area contributed by atoms with Crippen molar-refractivity contribution in [3.63, 3.8) is 0 Å². The smallest absolute Gasteiger partial charge is 0.248 e. The van der Waals surface area contributed by atoms with E-state index in [1.165, 1.54) is 0 Å². The van der Waals surface area contributed by atoms with E-state index in [2.05, 4.69) is 23.7 Å². The Morgan fingerprint density at radius 2 is 1.79 bits per heavy atom. The van der Waals surface area contributed by atoms with Gasteiger partial charge in [0.15, 0.2) is 0 Å². The second kappa shape index (κ2) is 7.14. The minimum atomic E-state index is -2.58. The van der Waals surface area contributed by atoms with E-state index in [4.69, 9.17) is 0 Å². The molecule has 0 spiro atoms. The lowest BCUT2D eigenvalue weighted by Crippen LogP contribution is -2.44. The summed E-state index contributed by atoms with van der Waals surface area (Å²) in [6.07, 6.45) is 0.503. The van der Waals surface area contributed by atoms with E-state index < -0.39 is 5.92 Å². The van der Waals surface area contributed by atoms with Gasteiger partial charge in [-0.2, -0.15) is 0 Å². The second-order valence-corrected chi connectivity index (χ2v) is 4.64. The van der Waals surface area contributed by atoms with Gasteiger partial charge < -0.3 is 4.90 Å². The van der Waals surface area contributed by atoms with E-state index in [-0.39, 0.29) is 31.2 Å². The number of amides is 1. The summed E-state index contributed by atoms with van der Waals surface area (Å²) in [6.45, 7) is 3.67. The van der Waals surface area contributed by atoms with Crippen molar-refractivity contribution >= 4 is 5.91 Å². The van der Waals surface area contributed by atoms with Crippen molar-refractivity contribution in [3.8, 4) is 23.7 Å². The molecule has 0 aliphatic heterocycles. The number of hydrogen-bond donors (Lipinski definition) is 0. The van der Waals surface area contributed by atoms with E-state index in [1.54, 1.807) is 18.7 Å². The molecular weight excluding hydrogens is 248 g/mol. The molecule has 19 heavy (non-hydrogen) atoms. The first kappa shape index (κ1) is 15.5. The predicted molar refractivity (Wildman–Crippen MR) is 70.4 cm³/mol. The van der Waals surface area contributed by atoms with Gasteiger partial charge in [-0.1, -0.05) is 11.8 Å². The molecule has 0 unspecified atom stereocenters. The first-order valence-corrected chi connectivity index (χ1v) is 6.46. The molecule has 0 aromatic carbocycles. The van der Waals surface area contributed by atoms with Gasteiger partial charge in [0.2, 0.25) is 11.8 Å². The third kappa shape index (κ3) is 4.91. The van der Waals surface area contributed by atoms with Crippen molar-refractivity contribution in [2.45, 2.75) is 57.9 Å². The fourth-order valence-electron chi connectivity index (χ4n) is 2.19. The van der Waals surface area contributed by atoms with Crippen molar-refractivity contribution in [1.29, 1.82) is 0 Å². The van der Waals surface area contributed by atoms with Gasteiger partial charge in [0, 0.05) is 18.9 Å². The summed E-state index contributed by atoms with van der Waals surface area (Å²) in [5, 5.41) is 0. The number of rotatable bonds is 3. The summed E-state index contributed by atoms with van der Waals surface area (Å²) in [5.41, 5.74) is 0. The highest BCUT2D eigenvalue weighted by Gasteiger charge is 2.37. The van der Waals surface area contributed by atoms with Crippen LogP contribution in [0.4, 0.5) is 8.78 Å². The fraction of sp³-hybridized carbons (Fsp3) is 0.667. The molecule has 4 heteroatoms. The van der Waals surface area contributed by atoms with Crippen LogP contribution < -0.4 is 0 Å². The molecule has 1 aliphatic rings. The van der Waals surface area contributed by atoms with Crippen LogP contribution in [0.25, 0.3) is 0 Å². The third-order valence-electron chi connectivity index (χ3n) is 3.29. The molecule has 104 valence electrons. The summed E-state index contributed by atoms with van der Waals surface area (Å²) in [6, 6.07) is -0.133. The molecule has 1 amide bonds. The molecule has 0 bridgehead atoms. The Bertz CT molecular complexity index is 427. The number of halogens is 2. The van der Waals surface area contributed by atoms with Gasteiger partial charge in [0.1, 0.15) is 0 Å². The SMILES string of the molecule is CC#CCC(=O)N(CC#CC)C1CCC(F)(F)CC1. The van der Waals surface area contributed by atoms with E-state index in [0.29, 0.717) is 19.4 Å². The van der Waals surface area contributed by atoms with E-state index >= 15 is 0 Å². The van der Waals surface area contributed by atoms with Crippen molar-refractivity contribution in [2.75, 3.05) is 6.54 Å². The van der Waals surface area contributed by atoms with Crippen LogP contribution in [0.5, 0.6) is 0 Å². The normalized spacial score (nSPS) is 17.7. The zero-order valence-electron chi connectivity index (χ0n) is 11.4. The van der Waals surface area contributed by atoms with Crippen LogP contribution in [0.2, 0.25) is 0 Å². The highest BCUT2D eigenvalue weighted by molar-refractivity contribution is 5.79. The first-order chi connectivity index (χ1) is 9.00. The van der Waals surface area contributed by atoms with Crippen molar-refractivity contribution in [2.24, 2.45) is 0 Å². The minimum Gasteiger partial charge on any atom is -0.328 e. The average Bonchev–Trinajstić information content (AvgIpc) is 2.38. The molecular formula is C15H19F2NO. The van der Waals surface area contributed by atoms with Crippen LogP contribution in [0, 0.1) is 23.7 Å². The zero-order chi connectivity index (χ0) is 14.3. The maximum absolute atomic E-state index is 13.1. The lowest BCUT2D eigenvalue weighted by atomic mass is 9.91. The maximum Gasteiger partial charge on any atom is 0.248 e. The average molecular weight is 267 g/mol. The highest BCUT2D eigenvalue weighted by Crippen LogP contribution is 2.35. The van der Waals surface area contributed by atoms with Crippen LogP contribution in [0.15, 0.2) is 0 Å². The molecule has 1 saturated carbocycles. The molecule has 1 fully saturated rings. The fourth-order valence-corrected chi connectivity index (χ4v) is 2.19. The number of hydrogen-bond acceptors (Lipinski definition) is 1. The van der Waals surface area contributed by atoms with Crippen molar-refractivity contribution in [1.82, 2.24) is 4.90 Å². The van der Waals surface area contributed by atoms with Gasteiger partial charge in [-0.25, -0.2) is 8.78 Å². The molecule has 0 saturated heterocycles. The lowest BCUT2D eigenvalue weighted by molar-refractivity contribution is -0.134. The zero-order valence-corrected chi connectivity index (χ0v) is 11.4. The molecule has 0 radical (unpaired) electrons. The molecule has 0 heterocycles. The van der Waals surface area contributed by atoms with Crippen LogP contribution in [-0.2, 0) is 4.79 Å². The summed E-state index contributed by atoms with van der Waals surface area (Å²) in [4.78, 5) is 13.6. The second-order valence-electron chi connectivity index (χ2n) is 4.64. The number of carbonyl (C=O) groups excluding carboxylic acids is 1. The monoisotopic (exact) mass is 267 g/mol. The van der Waals surface area contributed by atoms with Crippen LogP contribution in [0.3, 0.4) is 0 Å². The van der Waals surface area contributed by atoms with E-state index in [0.717, 1.165) is 0 Å². The quantitative estimate of drug-likeness (QED) is 0.720. The van der Waals surface area contributed by atoms with Gasteiger partial charge in [0.05, 0.1) is 13.0 Å². The Hall–Kier alpha value is -1.55. The van der Waals surface area contributed by atoms with Gasteiger partial charge in [0.25, 0.3) is 0 Å². The van der Waals surface area contributed by atoms with Crippen LogP contribution in [-0.4, -0.2) is 29.3 Å².